The molecule has 0 saturated carbocycles. The van der Waals surface area contributed by atoms with Crippen LogP contribution in [0.5, 0.6) is 5.75 Å². The second-order valence-electron chi connectivity index (χ2n) is 4.54. The van der Waals surface area contributed by atoms with Crippen molar-refractivity contribution in [2.24, 2.45) is 0 Å². The van der Waals surface area contributed by atoms with E-state index in [0.29, 0.717) is 6.61 Å². The number of hydrogen-bond acceptors (Lipinski definition) is 1. The standard InChI is InChI=1S/C16H15Br2FO/c1-3-20-15-5-4-12(17)9-14(15)16(18)11-6-10(2)7-13(19)8-11/h4-9,16H,3H2,1-2H3. The zero-order chi connectivity index (χ0) is 14.7. The van der Waals surface area contributed by atoms with Crippen molar-refractivity contribution in [3.8, 4) is 5.75 Å². The topological polar surface area (TPSA) is 9.23 Å². The van der Waals surface area contributed by atoms with Gasteiger partial charge in [-0.25, -0.2) is 4.39 Å². The van der Waals surface area contributed by atoms with Gasteiger partial charge in [0.1, 0.15) is 11.6 Å². The lowest BCUT2D eigenvalue weighted by molar-refractivity contribution is 0.337. The van der Waals surface area contributed by atoms with Gasteiger partial charge in [0, 0.05) is 10.0 Å². The Balaban J connectivity index is 2.46. The van der Waals surface area contributed by atoms with Crippen LogP contribution in [0, 0.1) is 12.7 Å². The highest BCUT2D eigenvalue weighted by Crippen LogP contribution is 2.38. The summed E-state index contributed by atoms with van der Waals surface area (Å²) in [6.45, 7) is 4.43. The molecular weight excluding hydrogens is 387 g/mol. The van der Waals surface area contributed by atoms with Gasteiger partial charge in [0.2, 0.25) is 0 Å². The van der Waals surface area contributed by atoms with Crippen molar-refractivity contribution < 1.29 is 9.13 Å². The molecule has 0 aliphatic carbocycles. The molecule has 0 amide bonds. The van der Waals surface area contributed by atoms with Crippen LogP contribution in [0.1, 0.15) is 28.4 Å². The highest BCUT2D eigenvalue weighted by molar-refractivity contribution is 9.10. The molecule has 20 heavy (non-hydrogen) atoms. The molecule has 0 heterocycles. The van der Waals surface area contributed by atoms with E-state index in [1.807, 2.05) is 38.1 Å². The average Bonchev–Trinajstić information content (AvgIpc) is 2.39. The molecule has 0 bridgehead atoms. The van der Waals surface area contributed by atoms with E-state index < -0.39 is 0 Å². The predicted octanol–water partition coefficient (Wildman–Crippen LogP) is 5.78. The zero-order valence-electron chi connectivity index (χ0n) is 11.3. The van der Waals surface area contributed by atoms with E-state index in [0.717, 1.165) is 26.9 Å². The summed E-state index contributed by atoms with van der Waals surface area (Å²) in [5, 5.41) is 0. The summed E-state index contributed by atoms with van der Waals surface area (Å²) in [6.07, 6.45) is 0. The molecule has 2 rings (SSSR count). The van der Waals surface area contributed by atoms with Crippen LogP contribution in [-0.2, 0) is 0 Å². The Kier molecular flexibility index (Phi) is 5.22. The Morgan fingerprint density at radius 3 is 2.60 bits per heavy atom. The van der Waals surface area contributed by atoms with E-state index in [-0.39, 0.29) is 10.6 Å². The molecule has 1 unspecified atom stereocenters. The maximum atomic E-state index is 13.6. The second-order valence-corrected chi connectivity index (χ2v) is 6.37. The fourth-order valence-electron chi connectivity index (χ4n) is 2.09. The summed E-state index contributed by atoms with van der Waals surface area (Å²) in [5.41, 5.74) is 2.75. The molecule has 0 aliphatic heterocycles. The van der Waals surface area contributed by atoms with Gasteiger partial charge < -0.3 is 4.74 Å². The van der Waals surface area contributed by atoms with Gasteiger partial charge in [0.25, 0.3) is 0 Å². The maximum absolute atomic E-state index is 13.6. The van der Waals surface area contributed by atoms with E-state index in [4.69, 9.17) is 4.74 Å². The van der Waals surface area contributed by atoms with Crippen LogP contribution in [0.3, 0.4) is 0 Å². The summed E-state index contributed by atoms with van der Waals surface area (Å²) in [4.78, 5) is -0.115. The number of halogens is 3. The fraction of sp³-hybridized carbons (Fsp3) is 0.250. The summed E-state index contributed by atoms with van der Waals surface area (Å²) < 4.78 is 20.2. The third kappa shape index (κ3) is 3.61. The lowest BCUT2D eigenvalue weighted by Gasteiger charge is -2.17. The van der Waals surface area contributed by atoms with Crippen LogP contribution < -0.4 is 4.74 Å². The van der Waals surface area contributed by atoms with Crippen LogP contribution >= 0.6 is 31.9 Å². The first-order valence-electron chi connectivity index (χ1n) is 6.34. The van der Waals surface area contributed by atoms with Gasteiger partial charge in [0.05, 0.1) is 11.4 Å². The van der Waals surface area contributed by atoms with Crippen molar-refractivity contribution >= 4 is 31.9 Å². The van der Waals surface area contributed by atoms with Crippen LogP contribution in [0.25, 0.3) is 0 Å². The number of ether oxygens (including phenoxy) is 1. The highest BCUT2D eigenvalue weighted by Gasteiger charge is 2.17. The summed E-state index contributed by atoms with van der Waals surface area (Å²) in [5.74, 6) is 0.580. The quantitative estimate of drug-likeness (QED) is 0.590. The molecule has 2 aromatic rings. The first-order chi connectivity index (χ1) is 9.51. The Hall–Kier alpha value is -0.870. The monoisotopic (exact) mass is 400 g/mol. The third-order valence-electron chi connectivity index (χ3n) is 2.90. The summed E-state index contributed by atoms with van der Waals surface area (Å²) >= 11 is 7.12. The SMILES string of the molecule is CCOc1ccc(Br)cc1C(Br)c1cc(C)cc(F)c1. The van der Waals surface area contributed by atoms with Gasteiger partial charge >= 0.3 is 0 Å². The Morgan fingerprint density at radius 1 is 1.20 bits per heavy atom. The number of aryl methyl sites for hydroxylation is 1. The van der Waals surface area contributed by atoms with E-state index in [2.05, 4.69) is 31.9 Å². The van der Waals surface area contributed by atoms with E-state index >= 15 is 0 Å². The minimum absolute atomic E-state index is 0.115. The van der Waals surface area contributed by atoms with E-state index in [1.165, 1.54) is 6.07 Å². The number of hydrogen-bond donors (Lipinski definition) is 0. The van der Waals surface area contributed by atoms with Gasteiger partial charge in [-0.1, -0.05) is 37.9 Å². The second kappa shape index (κ2) is 6.72. The van der Waals surface area contributed by atoms with Crippen molar-refractivity contribution in [2.75, 3.05) is 6.61 Å². The van der Waals surface area contributed by atoms with Crippen molar-refractivity contribution in [3.63, 3.8) is 0 Å². The minimum atomic E-state index is -0.225. The van der Waals surface area contributed by atoms with Crippen LogP contribution in [0.15, 0.2) is 40.9 Å². The van der Waals surface area contributed by atoms with E-state index in [1.54, 1.807) is 6.07 Å². The molecule has 0 saturated heterocycles. The van der Waals surface area contributed by atoms with Crippen molar-refractivity contribution in [1.82, 2.24) is 0 Å². The van der Waals surface area contributed by atoms with Crippen molar-refractivity contribution in [1.29, 1.82) is 0 Å². The molecular formula is C16H15Br2FO. The van der Waals surface area contributed by atoms with Crippen LogP contribution in [0.2, 0.25) is 0 Å². The zero-order valence-corrected chi connectivity index (χ0v) is 14.5. The Bertz CT molecular complexity index is 593. The fourth-order valence-corrected chi connectivity index (χ4v) is 3.10. The van der Waals surface area contributed by atoms with Crippen molar-refractivity contribution in [2.45, 2.75) is 18.7 Å². The number of benzene rings is 2. The molecule has 0 aromatic heterocycles. The lowest BCUT2D eigenvalue weighted by atomic mass is 10.0. The maximum Gasteiger partial charge on any atom is 0.124 e. The molecule has 106 valence electrons. The average molecular weight is 402 g/mol. The minimum Gasteiger partial charge on any atom is -0.494 e. The molecule has 0 N–H and O–H groups in total. The normalized spacial score (nSPS) is 12.2. The Labute approximate surface area is 135 Å². The van der Waals surface area contributed by atoms with Crippen LogP contribution in [0.4, 0.5) is 4.39 Å². The molecule has 1 nitrogen and oxygen atoms in total. The molecule has 4 heteroatoms. The van der Waals surface area contributed by atoms with Gasteiger partial charge in [0.15, 0.2) is 0 Å². The number of alkyl halides is 1. The number of rotatable bonds is 4. The lowest BCUT2D eigenvalue weighted by Crippen LogP contribution is -2.01. The van der Waals surface area contributed by atoms with Gasteiger partial charge in [-0.15, -0.1) is 0 Å². The summed E-state index contributed by atoms with van der Waals surface area (Å²) in [7, 11) is 0. The Morgan fingerprint density at radius 2 is 1.95 bits per heavy atom. The molecule has 0 radical (unpaired) electrons. The highest BCUT2D eigenvalue weighted by atomic mass is 79.9. The molecule has 0 fully saturated rings. The molecule has 0 spiro atoms. The van der Waals surface area contributed by atoms with Crippen molar-refractivity contribution in [3.05, 3.63) is 63.4 Å². The smallest absolute Gasteiger partial charge is 0.124 e. The summed E-state index contributed by atoms with van der Waals surface area (Å²) in [6, 6.07) is 10.9. The first kappa shape index (κ1) is 15.5. The van der Waals surface area contributed by atoms with Gasteiger partial charge in [-0.3, -0.25) is 0 Å². The third-order valence-corrected chi connectivity index (χ3v) is 4.42. The molecule has 2 aromatic carbocycles. The van der Waals surface area contributed by atoms with E-state index in [9.17, 15) is 4.39 Å². The largest absolute Gasteiger partial charge is 0.494 e. The van der Waals surface area contributed by atoms with Crippen LogP contribution in [-0.4, -0.2) is 6.61 Å². The molecule has 0 aliphatic rings. The first-order valence-corrected chi connectivity index (χ1v) is 8.05. The van der Waals surface area contributed by atoms with Gasteiger partial charge in [-0.2, -0.15) is 0 Å². The molecule has 1 atom stereocenters. The van der Waals surface area contributed by atoms with Gasteiger partial charge in [-0.05, 0) is 55.3 Å². The predicted molar refractivity (Wildman–Crippen MR) is 87.2 cm³/mol.